The van der Waals surface area contributed by atoms with E-state index in [1.165, 1.54) is 4.68 Å². The lowest BCUT2D eigenvalue weighted by atomic mass is 10.1. The van der Waals surface area contributed by atoms with Crippen LogP contribution >= 0.6 is 11.6 Å². The van der Waals surface area contributed by atoms with Gasteiger partial charge in [0.05, 0.1) is 19.0 Å². The van der Waals surface area contributed by atoms with Crippen LogP contribution in [0.3, 0.4) is 0 Å². The van der Waals surface area contributed by atoms with E-state index in [1.54, 1.807) is 25.4 Å². The predicted octanol–water partition coefficient (Wildman–Crippen LogP) is 4.17. The van der Waals surface area contributed by atoms with Crippen molar-refractivity contribution in [1.82, 2.24) is 14.6 Å². The third-order valence-electron chi connectivity index (χ3n) is 4.66. The van der Waals surface area contributed by atoms with E-state index in [2.05, 4.69) is 15.4 Å². The van der Waals surface area contributed by atoms with Crippen LogP contribution in [0.2, 0.25) is 5.02 Å². The highest BCUT2D eigenvalue weighted by atomic mass is 35.5. The van der Waals surface area contributed by atoms with Crippen molar-refractivity contribution in [2.45, 2.75) is 13.5 Å². The minimum atomic E-state index is -0.216. The van der Waals surface area contributed by atoms with Gasteiger partial charge in [0.1, 0.15) is 5.75 Å². The van der Waals surface area contributed by atoms with Crippen molar-refractivity contribution in [2.24, 2.45) is 0 Å². The molecule has 0 aliphatic carbocycles. The Morgan fingerprint density at radius 3 is 2.69 bits per heavy atom. The highest BCUT2D eigenvalue weighted by Crippen LogP contribution is 2.25. The van der Waals surface area contributed by atoms with E-state index < -0.39 is 0 Å². The molecule has 0 amide bonds. The molecular formula is C22H19ClN4O2. The highest BCUT2D eigenvalue weighted by molar-refractivity contribution is 6.30. The summed E-state index contributed by atoms with van der Waals surface area (Å²) in [4.78, 5) is 22.1. The Bertz CT molecular complexity index is 1240. The van der Waals surface area contributed by atoms with Gasteiger partial charge in [0.15, 0.2) is 11.5 Å². The number of methoxy groups -OCH3 is 1. The van der Waals surface area contributed by atoms with Gasteiger partial charge in [0.25, 0.3) is 5.56 Å². The number of aryl methyl sites for hydroxylation is 1. The summed E-state index contributed by atoms with van der Waals surface area (Å²) in [6, 6.07) is 16.6. The zero-order valence-corrected chi connectivity index (χ0v) is 16.8. The van der Waals surface area contributed by atoms with Crippen LogP contribution in [0.1, 0.15) is 11.1 Å². The lowest BCUT2D eigenvalue weighted by Gasteiger charge is -2.16. The molecule has 0 fully saturated rings. The molecule has 6 nitrogen and oxygen atoms in total. The van der Waals surface area contributed by atoms with E-state index in [-0.39, 0.29) is 5.56 Å². The number of fused-ring (bicyclic) bond motifs is 1. The third kappa shape index (κ3) is 3.79. The quantitative estimate of drug-likeness (QED) is 0.538. The molecular weight excluding hydrogens is 388 g/mol. The van der Waals surface area contributed by atoms with Crippen molar-refractivity contribution in [3.8, 4) is 17.1 Å². The minimum Gasteiger partial charge on any atom is -0.496 e. The highest BCUT2D eigenvalue weighted by Gasteiger charge is 2.15. The molecule has 0 atom stereocenters. The molecule has 2 aromatic carbocycles. The second-order valence-corrected chi connectivity index (χ2v) is 7.03. The van der Waals surface area contributed by atoms with Gasteiger partial charge in [-0.1, -0.05) is 35.9 Å². The first-order chi connectivity index (χ1) is 14.1. The minimum absolute atomic E-state index is 0.216. The first kappa shape index (κ1) is 19.0. The molecule has 146 valence electrons. The number of aromatic nitrogens is 3. The maximum Gasteiger partial charge on any atom is 0.281 e. The van der Waals surface area contributed by atoms with Gasteiger partial charge in [0.2, 0.25) is 0 Å². The van der Waals surface area contributed by atoms with Crippen LogP contribution in [0, 0.1) is 6.92 Å². The van der Waals surface area contributed by atoms with E-state index >= 15 is 0 Å². The monoisotopic (exact) mass is 406 g/mol. The molecule has 7 heteroatoms. The fourth-order valence-electron chi connectivity index (χ4n) is 3.09. The molecule has 0 bridgehead atoms. The lowest BCUT2D eigenvalue weighted by molar-refractivity contribution is 0.412. The van der Waals surface area contributed by atoms with Crippen LogP contribution in [0.25, 0.3) is 22.4 Å². The molecule has 4 rings (SSSR count). The molecule has 0 aliphatic heterocycles. The fraction of sp³-hybridized carbons (Fsp3) is 0.136. The van der Waals surface area contributed by atoms with Crippen molar-refractivity contribution >= 4 is 22.6 Å². The number of nitrogens with one attached hydrogen (secondary N) is 1. The molecule has 1 N–H and O–H groups in total. The Morgan fingerprint density at radius 1 is 1.14 bits per heavy atom. The Kier molecular flexibility index (Phi) is 5.18. The maximum absolute atomic E-state index is 13.2. The summed E-state index contributed by atoms with van der Waals surface area (Å²) in [7, 11) is 1.62. The van der Waals surface area contributed by atoms with Crippen LogP contribution in [-0.2, 0) is 6.54 Å². The van der Waals surface area contributed by atoms with E-state index in [9.17, 15) is 4.79 Å². The van der Waals surface area contributed by atoms with Gasteiger partial charge >= 0.3 is 0 Å². The summed E-state index contributed by atoms with van der Waals surface area (Å²) in [6.07, 6.45) is 1.62. The van der Waals surface area contributed by atoms with E-state index in [4.69, 9.17) is 16.3 Å². The molecule has 2 heterocycles. The number of halogens is 1. The summed E-state index contributed by atoms with van der Waals surface area (Å²) in [5, 5.41) is 1.11. The number of pyridine rings is 1. The first-order valence-corrected chi connectivity index (χ1v) is 9.46. The van der Waals surface area contributed by atoms with Crippen molar-refractivity contribution in [2.75, 3.05) is 12.5 Å². The molecule has 0 radical (unpaired) electrons. The first-order valence-electron chi connectivity index (χ1n) is 9.08. The molecule has 4 aromatic rings. The van der Waals surface area contributed by atoms with Gasteiger partial charge in [-0.15, -0.1) is 0 Å². The molecule has 0 spiro atoms. The smallest absolute Gasteiger partial charge is 0.281 e. The van der Waals surface area contributed by atoms with Gasteiger partial charge in [-0.25, -0.2) is 14.6 Å². The van der Waals surface area contributed by atoms with Crippen molar-refractivity contribution < 1.29 is 4.74 Å². The zero-order chi connectivity index (χ0) is 20.4. The molecule has 2 aromatic heterocycles. The summed E-state index contributed by atoms with van der Waals surface area (Å²) in [5.41, 5.74) is 6.11. The van der Waals surface area contributed by atoms with Gasteiger partial charge in [-0.05, 0) is 48.4 Å². The topological polar surface area (TPSA) is 69.0 Å². The van der Waals surface area contributed by atoms with E-state index in [0.717, 1.165) is 22.4 Å². The predicted molar refractivity (Wildman–Crippen MR) is 115 cm³/mol. The molecule has 0 aliphatic rings. The average Bonchev–Trinajstić information content (AvgIpc) is 2.74. The van der Waals surface area contributed by atoms with Gasteiger partial charge in [0, 0.05) is 16.8 Å². The lowest BCUT2D eigenvalue weighted by Crippen LogP contribution is -2.31. The maximum atomic E-state index is 13.2. The van der Waals surface area contributed by atoms with Gasteiger partial charge in [-0.3, -0.25) is 4.79 Å². The van der Waals surface area contributed by atoms with Crippen LogP contribution < -0.4 is 15.7 Å². The van der Waals surface area contributed by atoms with Crippen molar-refractivity contribution in [1.29, 1.82) is 0 Å². The average molecular weight is 407 g/mol. The molecule has 29 heavy (non-hydrogen) atoms. The second kappa shape index (κ2) is 7.93. The third-order valence-corrected chi connectivity index (χ3v) is 4.92. The Hall–Kier alpha value is -3.38. The Balaban J connectivity index is 1.84. The van der Waals surface area contributed by atoms with Crippen LogP contribution in [0.15, 0.2) is 65.6 Å². The summed E-state index contributed by atoms with van der Waals surface area (Å²) >= 11 is 5.96. The van der Waals surface area contributed by atoms with E-state index in [0.29, 0.717) is 28.4 Å². The fourth-order valence-corrected chi connectivity index (χ4v) is 3.22. The number of hydrogen-bond donors (Lipinski definition) is 1. The van der Waals surface area contributed by atoms with Gasteiger partial charge in [-0.2, -0.15) is 0 Å². The molecule has 0 unspecified atom stereocenters. The zero-order valence-electron chi connectivity index (χ0n) is 16.0. The number of hydrogen-bond acceptors (Lipinski definition) is 5. The standard InChI is InChI=1S/C22H19ClN4O2/c1-14-5-8-16(12-19(14)29-2)21-26-20-18(4-3-11-24-20)22(28)27(21)25-13-15-6-9-17(23)10-7-15/h3-12,25H,13H2,1-2H3. The van der Waals surface area contributed by atoms with Crippen LogP contribution in [0.5, 0.6) is 5.75 Å². The number of rotatable bonds is 5. The Labute approximate surface area is 172 Å². The molecule has 0 saturated carbocycles. The largest absolute Gasteiger partial charge is 0.496 e. The normalized spacial score (nSPS) is 10.9. The number of ether oxygens (including phenoxy) is 1. The summed E-state index contributed by atoms with van der Waals surface area (Å²) < 4.78 is 6.90. The molecule has 0 saturated heterocycles. The van der Waals surface area contributed by atoms with Crippen LogP contribution in [-0.4, -0.2) is 21.8 Å². The Morgan fingerprint density at radius 2 is 1.93 bits per heavy atom. The van der Waals surface area contributed by atoms with E-state index in [1.807, 2.05) is 49.4 Å². The van der Waals surface area contributed by atoms with Gasteiger partial charge < -0.3 is 10.2 Å². The number of nitrogens with zero attached hydrogens (tertiary/aromatic N) is 3. The van der Waals surface area contributed by atoms with Crippen LogP contribution in [0.4, 0.5) is 0 Å². The second-order valence-electron chi connectivity index (χ2n) is 6.60. The number of benzene rings is 2. The summed E-state index contributed by atoms with van der Waals surface area (Å²) in [5.74, 6) is 1.19. The van der Waals surface area contributed by atoms with Crippen molar-refractivity contribution in [3.05, 3.63) is 87.3 Å². The van der Waals surface area contributed by atoms with Crippen molar-refractivity contribution in [3.63, 3.8) is 0 Å². The summed E-state index contributed by atoms with van der Waals surface area (Å²) in [6.45, 7) is 2.39. The SMILES string of the molecule is COc1cc(-c2nc3ncccc3c(=O)n2NCc2ccc(Cl)cc2)ccc1C.